The Bertz CT molecular complexity index is 1240. The van der Waals surface area contributed by atoms with Gasteiger partial charge in [0.15, 0.2) is 5.65 Å². The third-order valence-corrected chi connectivity index (χ3v) is 6.55. The minimum atomic E-state index is -0.250. The van der Waals surface area contributed by atoms with Gasteiger partial charge in [-0.2, -0.15) is 0 Å². The van der Waals surface area contributed by atoms with Crippen molar-refractivity contribution in [3.8, 4) is 0 Å². The van der Waals surface area contributed by atoms with Gasteiger partial charge in [-0.15, -0.1) is 0 Å². The van der Waals surface area contributed by atoms with Crippen molar-refractivity contribution in [1.29, 1.82) is 0 Å². The molecule has 0 bridgehead atoms. The number of nitrogens with zero attached hydrogens (tertiary/aromatic N) is 2. The van der Waals surface area contributed by atoms with E-state index in [1.165, 1.54) is 29.9 Å². The number of methoxy groups -OCH3 is 1. The Morgan fingerprint density at radius 1 is 1.10 bits per heavy atom. The Morgan fingerprint density at radius 3 is 2.58 bits per heavy atom. The van der Waals surface area contributed by atoms with Gasteiger partial charge in [-0.25, -0.2) is 4.98 Å². The third kappa shape index (κ3) is 3.69. The number of nitrogens with one attached hydrogen (secondary N) is 1. The van der Waals surface area contributed by atoms with E-state index in [4.69, 9.17) is 4.74 Å². The molecule has 0 radical (unpaired) electrons. The molecular weight excluding hydrogens is 394 g/mol. The van der Waals surface area contributed by atoms with Crippen molar-refractivity contribution in [2.45, 2.75) is 50.5 Å². The first kappa shape index (κ1) is 19.7. The monoisotopic (exact) mass is 419 g/mol. The van der Waals surface area contributed by atoms with Gasteiger partial charge in [0, 0.05) is 12.2 Å². The number of rotatable bonds is 4. The Kier molecular flexibility index (Phi) is 4.96. The molecule has 0 saturated heterocycles. The Balaban J connectivity index is 1.42. The van der Waals surface area contributed by atoms with Gasteiger partial charge in [-0.05, 0) is 74.3 Å². The summed E-state index contributed by atoms with van der Waals surface area (Å²) in [5.74, 6) is 0.0262. The highest BCUT2D eigenvalue weighted by molar-refractivity contribution is 6.00. The average Bonchev–Trinajstić information content (AvgIpc) is 3.64. The fourth-order valence-electron chi connectivity index (χ4n) is 4.60. The molecule has 0 aliphatic heterocycles. The topological polar surface area (TPSA) is 89.8 Å². The molecule has 160 valence electrons. The lowest BCUT2D eigenvalue weighted by molar-refractivity contribution is -0.146. The fraction of sp³-hybridized carbons (Fsp3) is 0.417. The van der Waals surface area contributed by atoms with E-state index in [1.54, 1.807) is 18.3 Å². The predicted octanol–water partition coefficient (Wildman–Crippen LogP) is 3.19. The van der Waals surface area contributed by atoms with Crippen LogP contribution < -0.4 is 10.9 Å². The highest BCUT2D eigenvalue weighted by atomic mass is 16.5. The number of ether oxygens (including phenoxy) is 1. The first-order valence-corrected chi connectivity index (χ1v) is 10.9. The summed E-state index contributed by atoms with van der Waals surface area (Å²) in [6.45, 7) is 0. The standard InChI is InChI=1S/C24H25N3O4/c1-31-24(30)15-6-9-17(10-7-15)25-22(28)18-3-2-12-27-21(18)26-20-11-8-16(14-4-5-14)13-19(20)23(27)29/h2-3,8,11-15,17H,4-7,9-10H2,1H3,(H,25,28). The van der Waals surface area contributed by atoms with Crippen molar-refractivity contribution in [2.24, 2.45) is 5.92 Å². The average molecular weight is 419 g/mol. The fourth-order valence-corrected chi connectivity index (χ4v) is 4.60. The first-order chi connectivity index (χ1) is 15.0. The molecule has 1 amide bonds. The highest BCUT2D eigenvalue weighted by Gasteiger charge is 2.28. The number of carbonyl (C=O) groups excluding carboxylic acids is 2. The summed E-state index contributed by atoms with van der Waals surface area (Å²) in [6.07, 6.45) is 6.82. The highest BCUT2D eigenvalue weighted by Crippen LogP contribution is 2.40. The van der Waals surface area contributed by atoms with E-state index < -0.39 is 0 Å². The van der Waals surface area contributed by atoms with Gasteiger partial charge in [0.1, 0.15) is 0 Å². The van der Waals surface area contributed by atoms with Crippen LogP contribution in [0.3, 0.4) is 0 Å². The van der Waals surface area contributed by atoms with Gasteiger partial charge in [-0.3, -0.25) is 18.8 Å². The maximum absolute atomic E-state index is 13.1. The predicted molar refractivity (Wildman–Crippen MR) is 116 cm³/mol. The Morgan fingerprint density at radius 2 is 1.87 bits per heavy atom. The minimum absolute atomic E-state index is 0.0121. The van der Waals surface area contributed by atoms with Crippen molar-refractivity contribution >= 4 is 28.4 Å². The van der Waals surface area contributed by atoms with Crippen molar-refractivity contribution < 1.29 is 14.3 Å². The summed E-state index contributed by atoms with van der Waals surface area (Å²) in [6, 6.07) is 9.25. The third-order valence-electron chi connectivity index (χ3n) is 6.55. The second-order valence-corrected chi connectivity index (χ2v) is 8.63. The number of amides is 1. The molecule has 7 nitrogen and oxygen atoms in total. The lowest BCUT2D eigenvalue weighted by Crippen LogP contribution is -2.39. The molecule has 0 atom stereocenters. The summed E-state index contributed by atoms with van der Waals surface area (Å²) >= 11 is 0. The number of carbonyl (C=O) groups is 2. The maximum Gasteiger partial charge on any atom is 0.308 e. The minimum Gasteiger partial charge on any atom is -0.469 e. The molecule has 2 aromatic heterocycles. The number of hydrogen-bond acceptors (Lipinski definition) is 5. The van der Waals surface area contributed by atoms with Crippen LogP contribution in [0.25, 0.3) is 16.6 Å². The Hall–Kier alpha value is -3.22. The van der Waals surface area contributed by atoms with E-state index >= 15 is 0 Å². The van der Waals surface area contributed by atoms with Gasteiger partial charge in [0.2, 0.25) is 0 Å². The maximum atomic E-state index is 13.1. The lowest BCUT2D eigenvalue weighted by Gasteiger charge is -2.27. The summed E-state index contributed by atoms with van der Waals surface area (Å²) in [4.78, 5) is 42.5. The van der Waals surface area contributed by atoms with Gasteiger partial charge in [-0.1, -0.05) is 6.07 Å². The van der Waals surface area contributed by atoms with Crippen LogP contribution in [-0.2, 0) is 9.53 Å². The molecule has 5 rings (SSSR count). The summed E-state index contributed by atoms with van der Waals surface area (Å²) in [5, 5.41) is 3.64. The van der Waals surface area contributed by atoms with Crippen LogP contribution in [0.5, 0.6) is 0 Å². The quantitative estimate of drug-likeness (QED) is 0.518. The van der Waals surface area contributed by atoms with Gasteiger partial charge >= 0.3 is 5.97 Å². The molecule has 2 saturated carbocycles. The van der Waals surface area contributed by atoms with Crippen LogP contribution in [0, 0.1) is 5.92 Å². The van der Waals surface area contributed by atoms with Crippen LogP contribution in [0.1, 0.15) is 60.4 Å². The van der Waals surface area contributed by atoms with Crippen LogP contribution >= 0.6 is 0 Å². The second-order valence-electron chi connectivity index (χ2n) is 8.63. The second kappa shape index (κ2) is 7.80. The number of fused-ring (bicyclic) bond motifs is 2. The van der Waals surface area contributed by atoms with Gasteiger partial charge < -0.3 is 10.1 Å². The molecule has 7 heteroatoms. The first-order valence-electron chi connectivity index (χ1n) is 10.9. The van der Waals surface area contributed by atoms with Crippen LogP contribution in [0.4, 0.5) is 0 Å². The zero-order valence-electron chi connectivity index (χ0n) is 17.5. The van der Waals surface area contributed by atoms with Gasteiger partial charge in [0.25, 0.3) is 11.5 Å². The van der Waals surface area contributed by atoms with Crippen LogP contribution in [0.2, 0.25) is 0 Å². The van der Waals surface area contributed by atoms with Crippen molar-refractivity contribution in [3.63, 3.8) is 0 Å². The van der Waals surface area contributed by atoms with E-state index in [1.807, 2.05) is 18.2 Å². The van der Waals surface area contributed by atoms with Crippen molar-refractivity contribution in [2.75, 3.05) is 7.11 Å². The molecule has 0 spiro atoms. The molecule has 1 N–H and O–H groups in total. The Labute approximate surface area is 179 Å². The van der Waals surface area contributed by atoms with E-state index in [0.29, 0.717) is 40.9 Å². The lowest BCUT2D eigenvalue weighted by atomic mass is 9.86. The molecule has 2 heterocycles. The van der Waals surface area contributed by atoms with E-state index in [2.05, 4.69) is 10.3 Å². The zero-order valence-corrected chi connectivity index (χ0v) is 17.5. The summed E-state index contributed by atoms with van der Waals surface area (Å²) in [5.41, 5.74) is 2.37. The molecule has 3 aromatic rings. The SMILES string of the molecule is COC(=O)C1CCC(NC(=O)c2cccn3c(=O)c4cc(C5CC5)ccc4nc23)CC1. The number of benzene rings is 1. The molecule has 2 aliphatic carbocycles. The smallest absolute Gasteiger partial charge is 0.308 e. The van der Waals surface area contributed by atoms with Crippen LogP contribution in [0.15, 0.2) is 41.3 Å². The van der Waals surface area contributed by atoms with Gasteiger partial charge in [0.05, 0.1) is 29.5 Å². The number of aromatic nitrogens is 2. The molecule has 0 unspecified atom stereocenters. The largest absolute Gasteiger partial charge is 0.469 e. The van der Waals surface area contributed by atoms with E-state index in [9.17, 15) is 14.4 Å². The van der Waals surface area contributed by atoms with Crippen LogP contribution in [-0.4, -0.2) is 34.4 Å². The molecule has 2 aliphatic rings. The zero-order chi connectivity index (χ0) is 21.5. The van der Waals surface area contributed by atoms with E-state index in [-0.39, 0.29) is 29.4 Å². The number of pyridine rings is 1. The van der Waals surface area contributed by atoms with E-state index in [0.717, 1.165) is 12.8 Å². The van der Waals surface area contributed by atoms with Crippen molar-refractivity contribution in [3.05, 3.63) is 58.0 Å². The van der Waals surface area contributed by atoms with Crippen molar-refractivity contribution in [1.82, 2.24) is 14.7 Å². The molecule has 31 heavy (non-hydrogen) atoms. The normalized spacial score (nSPS) is 21.2. The molecule has 1 aromatic carbocycles. The summed E-state index contributed by atoms with van der Waals surface area (Å²) < 4.78 is 6.29. The summed E-state index contributed by atoms with van der Waals surface area (Å²) in [7, 11) is 1.40. The number of hydrogen-bond donors (Lipinski definition) is 1. The number of esters is 1. The molecular formula is C24H25N3O4. The molecule has 2 fully saturated rings.